The maximum Gasteiger partial charge on any atom is 0.151 e. The Bertz CT molecular complexity index is 767. The van der Waals surface area contributed by atoms with Crippen LogP contribution in [0.3, 0.4) is 0 Å². The van der Waals surface area contributed by atoms with Crippen molar-refractivity contribution >= 4 is 33.3 Å². The number of benzene rings is 2. The number of aromatic nitrogens is 1. The van der Waals surface area contributed by atoms with Gasteiger partial charge in [-0.05, 0) is 42.3 Å². The summed E-state index contributed by atoms with van der Waals surface area (Å²) in [6.07, 6.45) is 0. The number of nitriles is 1. The second-order valence-electron chi connectivity index (χ2n) is 4.49. The molecule has 0 bridgehead atoms. The van der Waals surface area contributed by atoms with Gasteiger partial charge in [0.05, 0.1) is 21.8 Å². The van der Waals surface area contributed by atoms with Gasteiger partial charge in [0.2, 0.25) is 0 Å². The first-order chi connectivity index (χ1) is 9.76. The van der Waals surface area contributed by atoms with Gasteiger partial charge in [-0.25, -0.2) is 4.98 Å². The van der Waals surface area contributed by atoms with Gasteiger partial charge in [0.25, 0.3) is 0 Å². The third-order valence-corrected chi connectivity index (χ3v) is 5.33. The predicted molar refractivity (Wildman–Crippen MR) is 85.1 cm³/mol. The quantitative estimate of drug-likeness (QED) is 0.653. The molecule has 20 heavy (non-hydrogen) atoms. The smallest absolute Gasteiger partial charge is 0.151 e. The number of hydrogen-bond acceptors (Lipinski definition) is 4. The summed E-state index contributed by atoms with van der Waals surface area (Å²) in [5.41, 5.74) is 4.21. The molecule has 0 spiro atoms. The molecule has 3 aromatic rings. The fraction of sp³-hybridized carbons (Fsp3) is 0.125. The number of hydrogen-bond donors (Lipinski definition) is 0. The Morgan fingerprint density at radius 1 is 1.25 bits per heavy atom. The van der Waals surface area contributed by atoms with Gasteiger partial charge in [-0.1, -0.05) is 30.0 Å². The molecule has 3 rings (SSSR count). The number of rotatable bonds is 3. The highest BCUT2D eigenvalue weighted by Gasteiger charge is 2.06. The number of para-hydroxylation sites is 1. The molecule has 0 fully saturated rings. The van der Waals surface area contributed by atoms with E-state index in [-0.39, 0.29) is 0 Å². The van der Waals surface area contributed by atoms with Crippen molar-refractivity contribution in [3.8, 4) is 6.07 Å². The van der Waals surface area contributed by atoms with E-state index in [2.05, 4.69) is 24.0 Å². The van der Waals surface area contributed by atoms with Crippen LogP contribution in [0.1, 0.15) is 16.7 Å². The highest BCUT2D eigenvalue weighted by Crippen LogP contribution is 2.31. The van der Waals surface area contributed by atoms with Gasteiger partial charge in [0, 0.05) is 5.75 Å². The standard InChI is InChI=1S/C16H12N2S2/c1-11-8-12(9-17)6-7-13(11)10-19-16-18-14-4-2-3-5-15(14)20-16/h2-8H,10H2,1H3. The number of nitrogens with zero attached hydrogens (tertiary/aromatic N) is 2. The Kier molecular flexibility index (Phi) is 3.72. The molecule has 0 saturated heterocycles. The minimum atomic E-state index is 0.719. The predicted octanol–water partition coefficient (Wildman–Crippen LogP) is 4.77. The zero-order chi connectivity index (χ0) is 13.9. The zero-order valence-electron chi connectivity index (χ0n) is 11.0. The molecule has 2 aromatic carbocycles. The summed E-state index contributed by atoms with van der Waals surface area (Å²) in [4.78, 5) is 4.62. The van der Waals surface area contributed by atoms with Crippen LogP contribution in [0.5, 0.6) is 0 Å². The van der Waals surface area contributed by atoms with E-state index in [0.717, 1.165) is 26.7 Å². The molecule has 1 aromatic heterocycles. The lowest BCUT2D eigenvalue weighted by molar-refractivity contribution is 1.26. The van der Waals surface area contributed by atoms with E-state index in [0.29, 0.717) is 0 Å². The molecule has 0 atom stereocenters. The summed E-state index contributed by atoms with van der Waals surface area (Å²) in [7, 11) is 0. The van der Waals surface area contributed by atoms with Crippen molar-refractivity contribution in [3.05, 3.63) is 59.2 Å². The Labute approximate surface area is 126 Å². The van der Waals surface area contributed by atoms with Crippen LogP contribution in [0.15, 0.2) is 46.8 Å². The van der Waals surface area contributed by atoms with Crippen LogP contribution in [0.25, 0.3) is 10.2 Å². The number of thiazole rings is 1. The fourth-order valence-electron chi connectivity index (χ4n) is 1.98. The molecule has 0 radical (unpaired) electrons. The third-order valence-electron chi connectivity index (χ3n) is 3.10. The van der Waals surface area contributed by atoms with Crippen LogP contribution >= 0.6 is 23.1 Å². The van der Waals surface area contributed by atoms with Crippen molar-refractivity contribution < 1.29 is 0 Å². The minimum absolute atomic E-state index is 0.719. The van der Waals surface area contributed by atoms with Crippen LogP contribution in [-0.4, -0.2) is 4.98 Å². The highest BCUT2D eigenvalue weighted by atomic mass is 32.2. The summed E-state index contributed by atoms with van der Waals surface area (Å²) >= 11 is 3.48. The van der Waals surface area contributed by atoms with E-state index in [1.807, 2.05) is 36.4 Å². The minimum Gasteiger partial charge on any atom is -0.230 e. The van der Waals surface area contributed by atoms with Crippen LogP contribution in [0.2, 0.25) is 0 Å². The zero-order valence-corrected chi connectivity index (χ0v) is 12.6. The SMILES string of the molecule is Cc1cc(C#N)ccc1CSc1nc2ccccc2s1. The lowest BCUT2D eigenvalue weighted by Gasteiger charge is -2.04. The van der Waals surface area contributed by atoms with Crippen molar-refractivity contribution in [3.63, 3.8) is 0 Å². The molecule has 1 heterocycles. The monoisotopic (exact) mass is 296 g/mol. The van der Waals surface area contributed by atoms with E-state index in [4.69, 9.17) is 5.26 Å². The second kappa shape index (κ2) is 5.66. The lowest BCUT2D eigenvalue weighted by atomic mass is 10.1. The number of fused-ring (bicyclic) bond motifs is 1. The molecule has 0 unspecified atom stereocenters. The van der Waals surface area contributed by atoms with E-state index in [1.165, 1.54) is 10.3 Å². The van der Waals surface area contributed by atoms with Crippen LogP contribution in [0.4, 0.5) is 0 Å². The molecule has 0 amide bonds. The Morgan fingerprint density at radius 2 is 2.10 bits per heavy atom. The Hall–Kier alpha value is -1.83. The van der Waals surface area contributed by atoms with Gasteiger partial charge in [0.1, 0.15) is 0 Å². The number of thioether (sulfide) groups is 1. The number of aryl methyl sites for hydroxylation is 1. The molecule has 4 heteroatoms. The van der Waals surface area contributed by atoms with Crippen LogP contribution in [-0.2, 0) is 5.75 Å². The molecular weight excluding hydrogens is 284 g/mol. The maximum atomic E-state index is 8.88. The summed E-state index contributed by atoms with van der Waals surface area (Å²) in [6, 6.07) is 16.2. The molecule has 0 saturated carbocycles. The summed E-state index contributed by atoms with van der Waals surface area (Å²) in [6.45, 7) is 2.05. The van der Waals surface area contributed by atoms with Crippen molar-refractivity contribution in [2.45, 2.75) is 17.0 Å². The van der Waals surface area contributed by atoms with Crippen LogP contribution < -0.4 is 0 Å². The first kappa shape index (κ1) is 13.2. The molecule has 0 aliphatic heterocycles. The largest absolute Gasteiger partial charge is 0.230 e. The first-order valence-corrected chi connectivity index (χ1v) is 8.04. The summed E-state index contributed by atoms with van der Waals surface area (Å²) < 4.78 is 2.32. The van der Waals surface area contributed by atoms with E-state index < -0.39 is 0 Å². The van der Waals surface area contributed by atoms with Gasteiger partial charge in [-0.15, -0.1) is 11.3 Å². The summed E-state index contributed by atoms with van der Waals surface area (Å²) in [5.74, 6) is 0.886. The molecular formula is C16H12N2S2. The van der Waals surface area contributed by atoms with Gasteiger partial charge >= 0.3 is 0 Å². The molecule has 2 nitrogen and oxygen atoms in total. The average molecular weight is 296 g/mol. The van der Waals surface area contributed by atoms with Gasteiger partial charge in [-0.2, -0.15) is 5.26 Å². The van der Waals surface area contributed by atoms with Gasteiger partial charge < -0.3 is 0 Å². The first-order valence-electron chi connectivity index (χ1n) is 6.24. The van der Waals surface area contributed by atoms with E-state index in [1.54, 1.807) is 23.1 Å². The van der Waals surface area contributed by atoms with Gasteiger partial charge in [0.15, 0.2) is 4.34 Å². The van der Waals surface area contributed by atoms with Gasteiger partial charge in [-0.3, -0.25) is 0 Å². The van der Waals surface area contributed by atoms with Crippen molar-refractivity contribution in [2.75, 3.05) is 0 Å². The molecule has 0 aliphatic rings. The van der Waals surface area contributed by atoms with Crippen molar-refractivity contribution in [1.82, 2.24) is 4.98 Å². The normalized spacial score (nSPS) is 10.6. The summed E-state index contributed by atoms with van der Waals surface area (Å²) in [5, 5.41) is 8.88. The topological polar surface area (TPSA) is 36.7 Å². The van der Waals surface area contributed by atoms with E-state index in [9.17, 15) is 0 Å². The molecule has 0 N–H and O–H groups in total. The second-order valence-corrected chi connectivity index (χ2v) is 6.74. The maximum absolute atomic E-state index is 8.88. The van der Waals surface area contributed by atoms with Crippen LogP contribution in [0, 0.1) is 18.3 Å². The van der Waals surface area contributed by atoms with E-state index >= 15 is 0 Å². The fourth-order valence-corrected chi connectivity index (χ4v) is 4.12. The Balaban J connectivity index is 1.77. The highest BCUT2D eigenvalue weighted by molar-refractivity contribution is 8.00. The molecule has 98 valence electrons. The van der Waals surface area contributed by atoms with Crippen molar-refractivity contribution in [2.24, 2.45) is 0 Å². The lowest BCUT2D eigenvalue weighted by Crippen LogP contribution is -1.87. The Morgan fingerprint density at radius 3 is 2.85 bits per heavy atom. The third kappa shape index (κ3) is 2.69. The van der Waals surface area contributed by atoms with Crippen molar-refractivity contribution in [1.29, 1.82) is 5.26 Å². The molecule has 0 aliphatic carbocycles. The average Bonchev–Trinajstić information content (AvgIpc) is 2.88.